The zero-order valence-corrected chi connectivity index (χ0v) is 20.3. The summed E-state index contributed by atoms with van der Waals surface area (Å²) < 4.78 is 10.9. The van der Waals surface area contributed by atoms with E-state index in [9.17, 15) is 9.90 Å². The van der Waals surface area contributed by atoms with Gasteiger partial charge in [-0.05, 0) is 33.3 Å². The Morgan fingerprint density at radius 3 is 2.62 bits per heavy atom. The molecule has 3 rings (SSSR count). The van der Waals surface area contributed by atoms with Gasteiger partial charge < -0.3 is 19.6 Å². The number of ether oxygens (including phenoxy) is 2. The van der Waals surface area contributed by atoms with Crippen LogP contribution in [-0.2, 0) is 16.0 Å². The number of methoxy groups -OCH3 is 1. The zero-order valence-electron chi connectivity index (χ0n) is 19.5. The first-order valence-corrected chi connectivity index (χ1v) is 11.6. The third-order valence-electron chi connectivity index (χ3n) is 5.02. The number of rotatable bonds is 10. The summed E-state index contributed by atoms with van der Waals surface area (Å²) in [7, 11) is 1.64. The van der Waals surface area contributed by atoms with Gasteiger partial charge in [0.1, 0.15) is 10.7 Å². The molecule has 2 heterocycles. The highest BCUT2D eigenvalue weighted by molar-refractivity contribution is 7.17. The molecule has 0 saturated heterocycles. The lowest BCUT2D eigenvalue weighted by Crippen LogP contribution is -2.38. The Balaban J connectivity index is 1.79. The lowest BCUT2D eigenvalue weighted by atomic mass is 10.1. The van der Waals surface area contributed by atoms with Crippen LogP contribution in [0.25, 0.3) is 21.3 Å². The van der Waals surface area contributed by atoms with E-state index in [4.69, 9.17) is 14.5 Å². The maximum atomic E-state index is 13.0. The largest absolute Gasteiger partial charge is 0.389 e. The number of aromatic nitrogens is 2. The molecule has 0 amide bonds. The SMILES string of the molecule is COCCN(Cc1nc2scc(-c3ccc(C)cc3)c2c(=O)[nH]1)CC(O)COC(C)(C)C. The highest BCUT2D eigenvalue weighted by Gasteiger charge is 2.19. The van der Waals surface area contributed by atoms with E-state index in [0.717, 1.165) is 11.1 Å². The van der Waals surface area contributed by atoms with Crippen molar-refractivity contribution in [3.05, 3.63) is 51.4 Å². The van der Waals surface area contributed by atoms with Crippen molar-refractivity contribution in [3.63, 3.8) is 0 Å². The van der Waals surface area contributed by atoms with Gasteiger partial charge in [0, 0.05) is 31.1 Å². The number of aliphatic hydroxyl groups is 1. The fourth-order valence-corrected chi connectivity index (χ4v) is 4.34. The summed E-state index contributed by atoms with van der Waals surface area (Å²) in [6, 6.07) is 8.13. The highest BCUT2D eigenvalue weighted by Crippen LogP contribution is 2.30. The number of nitrogens with one attached hydrogen (secondary N) is 1. The van der Waals surface area contributed by atoms with E-state index >= 15 is 0 Å². The number of H-pyrrole nitrogens is 1. The molecular formula is C24H33N3O4S. The van der Waals surface area contributed by atoms with Crippen LogP contribution in [0.15, 0.2) is 34.4 Å². The Labute approximate surface area is 193 Å². The predicted molar refractivity (Wildman–Crippen MR) is 129 cm³/mol. The van der Waals surface area contributed by atoms with Crippen molar-refractivity contribution in [1.82, 2.24) is 14.9 Å². The molecule has 1 aromatic carbocycles. The van der Waals surface area contributed by atoms with E-state index in [0.29, 0.717) is 42.3 Å². The number of aliphatic hydroxyl groups excluding tert-OH is 1. The quantitative estimate of drug-likeness (QED) is 0.482. The molecule has 0 aliphatic heterocycles. The van der Waals surface area contributed by atoms with E-state index in [-0.39, 0.29) is 17.8 Å². The van der Waals surface area contributed by atoms with Crippen LogP contribution >= 0.6 is 11.3 Å². The van der Waals surface area contributed by atoms with Crippen LogP contribution in [0.5, 0.6) is 0 Å². The summed E-state index contributed by atoms with van der Waals surface area (Å²) in [5, 5.41) is 13.0. The minimum Gasteiger partial charge on any atom is -0.389 e. The third-order valence-corrected chi connectivity index (χ3v) is 5.89. The molecule has 7 nitrogen and oxygen atoms in total. The lowest BCUT2D eigenvalue weighted by Gasteiger charge is -2.27. The van der Waals surface area contributed by atoms with Crippen molar-refractivity contribution in [2.45, 2.75) is 45.9 Å². The molecule has 0 radical (unpaired) electrons. The molecule has 0 bridgehead atoms. The summed E-state index contributed by atoms with van der Waals surface area (Å²) in [4.78, 5) is 23.3. The number of thiophene rings is 1. The summed E-state index contributed by atoms with van der Waals surface area (Å²) in [5.74, 6) is 0.569. The van der Waals surface area contributed by atoms with Crippen LogP contribution in [0.4, 0.5) is 0 Å². The number of hydrogen-bond donors (Lipinski definition) is 2. The van der Waals surface area contributed by atoms with Gasteiger partial charge in [-0.15, -0.1) is 11.3 Å². The van der Waals surface area contributed by atoms with Crippen LogP contribution in [0.2, 0.25) is 0 Å². The number of benzene rings is 1. The molecule has 8 heteroatoms. The molecule has 174 valence electrons. The normalized spacial score (nSPS) is 13.2. The highest BCUT2D eigenvalue weighted by atomic mass is 32.1. The summed E-state index contributed by atoms with van der Waals surface area (Å²) in [6.07, 6.45) is -0.656. The van der Waals surface area contributed by atoms with E-state index in [1.165, 1.54) is 16.9 Å². The Morgan fingerprint density at radius 2 is 1.97 bits per heavy atom. The molecular weight excluding hydrogens is 426 g/mol. The second-order valence-electron chi connectivity index (χ2n) is 9.01. The first-order valence-electron chi connectivity index (χ1n) is 10.8. The topological polar surface area (TPSA) is 87.7 Å². The molecule has 0 spiro atoms. The molecule has 0 saturated carbocycles. The standard InChI is InChI=1S/C24H33N3O4S/c1-16-6-8-17(9-7-16)19-15-32-23-21(19)22(29)25-20(26-23)13-27(10-11-30-5)12-18(28)14-31-24(2,3)4/h6-9,15,18,28H,10-14H2,1-5H3,(H,25,26,29). The fourth-order valence-electron chi connectivity index (χ4n) is 3.38. The first-order chi connectivity index (χ1) is 15.2. The van der Waals surface area contributed by atoms with Gasteiger partial charge >= 0.3 is 0 Å². The molecule has 0 fully saturated rings. The molecule has 2 aromatic heterocycles. The van der Waals surface area contributed by atoms with E-state index in [1.807, 2.05) is 62.2 Å². The average Bonchev–Trinajstić information content (AvgIpc) is 3.15. The molecule has 1 unspecified atom stereocenters. The van der Waals surface area contributed by atoms with Crippen molar-refractivity contribution in [2.24, 2.45) is 0 Å². The number of nitrogens with zero attached hydrogens (tertiary/aromatic N) is 2. The molecule has 1 atom stereocenters. The smallest absolute Gasteiger partial charge is 0.260 e. The van der Waals surface area contributed by atoms with Crippen LogP contribution in [0, 0.1) is 6.92 Å². The average molecular weight is 460 g/mol. The molecule has 3 aromatic rings. The number of hydrogen-bond acceptors (Lipinski definition) is 7. The molecule has 32 heavy (non-hydrogen) atoms. The van der Waals surface area contributed by atoms with Crippen molar-refractivity contribution in [3.8, 4) is 11.1 Å². The van der Waals surface area contributed by atoms with Crippen molar-refractivity contribution in [2.75, 3.05) is 33.4 Å². The Morgan fingerprint density at radius 1 is 1.25 bits per heavy atom. The minimum atomic E-state index is -0.656. The monoisotopic (exact) mass is 459 g/mol. The fraction of sp³-hybridized carbons (Fsp3) is 0.500. The summed E-state index contributed by atoms with van der Waals surface area (Å²) in [6.45, 7) is 10.0. The Kier molecular flexibility index (Phi) is 8.19. The maximum Gasteiger partial charge on any atom is 0.260 e. The summed E-state index contributed by atoms with van der Waals surface area (Å²) >= 11 is 1.47. The van der Waals surface area contributed by atoms with Gasteiger partial charge in [0.05, 0.1) is 36.8 Å². The third kappa shape index (κ3) is 6.70. The van der Waals surface area contributed by atoms with E-state index < -0.39 is 6.10 Å². The van der Waals surface area contributed by atoms with Gasteiger partial charge in [-0.3, -0.25) is 9.69 Å². The lowest BCUT2D eigenvalue weighted by molar-refractivity contribution is -0.0578. The number of aryl methyl sites for hydroxylation is 1. The van der Waals surface area contributed by atoms with Gasteiger partial charge in [-0.1, -0.05) is 29.8 Å². The van der Waals surface area contributed by atoms with Crippen LogP contribution in [-0.4, -0.2) is 65.1 Å². The molecule has 0 aliphatic rings. The van der Waals surface area contributed by atoms with Crippen molar-refractivity contribution >= 4 is 21.6 Å². The van der Waals surface area contributed by atoms with Gasteiger partial charge in [-0.2, -0.15) is 0 Å². The summed E-state index contributed by atoms with van der Waals surface area (Å²) in [5.41, 5.74) is 2.62. The van der Waals surface area contributed by atoms with Crippen molar-refractivity contribution < 1.29 is 14.6 Å². The van der Waals surface area contributed by atoms with Gasteiger partial charge in [0.2, 0.25) is 0 Å². The first kappa shape index (κ1) is 24.5. The minimum absolute atomic E-state index is 0.148. The van der Waals surface area contributed by atoms with Gasteiger partial charge in [0.25, 0.3) is 5.56 Å². The van der Waals surface area contributed by atoms with Crippen LogP contribution in [0.3, 0.4) is 0 Å². The number of fused-ring (bicyclic) bond motifs is 1. The van der Waals surface area contributed by atoms with E-state index in [2.05, 4.69) is 4.98 Å². The zero-order chi connectivity index (χ0) is 23.3. The second-order valence-corrected chi connectivity index (χ2v) is 9.87. The maximum absolute atomic E-state index is 13.0. The van der Waals surface area contributed by atoms with E-state index in [1.54, 1.807) is 7.11 Å². The van der Waals surface area contributed by atoms with Crippen LogP contribution in [0.1, 0.15) is 32.2 Å². The number of aromatic amines is 1. The molecule has 2 N–H and O–H groups in total. The predicted octanol–water partition coefficient (Wildman–Crippen LogP) is 3.58. The second kappa shape index (κ2) is 10.7. The van der Waals surface area contributed by atoms with Crippen molar-refractivity contribution in [1.29, 1.82) is 0 Å². The van der Waals surface area contributed by atoms with Gasteiger partial charge in [-0.25, -0.2) is 4.98 Å². The van der Waals surface area contributed by atoms with Gasteiger partial charge in [0.15, 0.2) is 0 Å². The Hall–Kier alpha value is -2.10. The molecule has 0 aliphatic carbocycles. The van der Waals surface area contributed by atoms with Crippen LogP contribution < -0.4 is 5.56 Å². The Bertz CT molecular complexity index is 1070.